The molecule has 1 aromatic heterocycles. The van der Waals surface area contributed by atoms with Crippen molar-refractivity contribution in [3.63, 3.8) is 0 Å². The Labute approximate surface area is 105 Å². The molecule has 18 heavy (non-hydrogen) atoms. The zero-order valence-electron chi connectivity index (χ0n) is 10.4. The Morgan fingerprint density at radius 2 is 2.28 bits per heavy atom. The van der Waals surface area contributed by atoms with Gasteiger partial charge in [-0.25, -0.2) is 4.39 Å². The van der Waals surface area contributed by atoms with Gasteiger partial charge in [0.15, 0.2) is 0 Å². The van der Waals surface area contributed by atoms with Crippen LogP contribution in [0.25, 0.3) is 0 Å². The fraction of sp³-hybridized carbons (Fsp3) is 0.333. The number of aromatic nitrogens is 3. The van der Waals surface area contributed by atoms with Crippen LogP contribution in [0.5, 0.6) is 0 Å². The topological polar surface area (TPSA) is 68.8 Å². The number of aryl methyl sites for hydroxylation is 2. The number of rotatable bonds is 4. The summed E-state index contributed by atoms with van der Waals surface area (Å²) >= 11 is 0. The smallest absolute Gasteiger partial charge is 0.130 e. The molecule has 0 radical (unpaired) electrons. The summed E-state index contributed by atoms with van der Waals surface area (Å²) in [6.45, 7) is 1.73. The number of benzene rings is 1. The summed E-state index contributed by atoms with van der Waals surface area (Å²) in [5, 5.41) is 7.82. The van der Waals surface area contributed by atoms with Crippen molar-refractivity contribution in [3.8, 4) is 0 Å². The molecule has 0 bridgehead atoms. The summed E-state index contributed by atoms with van der Waals surface area (Å²) in [6.07, 6.45) is 2.28. The number of hydrazine groups is 1. The molecule has 6 heteroatoms. The number of nitrogens with zero attached hydrogens (tertiary/aromatic N) is 3. The van der Waals surface area contributed by atoms with Crippen LogP contribution in [0.15, 0.2) is 24.4 Å². The van der Waals surface area contributed by atoms with E-state index in [0.29, 0.717) is 17.5 Å². The Balaban J connectivity index is 2.25. The summed E-state index contributed by atoms with van der Waals surface area (Å²) in [5.41, 5.74) is 4.54. The average Bonchev–Trinajstić information content (AvgIpc) is 2.76. The molecule has 0 aliphatic rings. The lowest BCUT2D eigenvalue weighted by molar-refractivity contribution is 0.503. The minimum atomic E-state index is -0.318. The fourth-order valence-electron chi connectivity index (χ4n) is 1.90. The van der Waals surface area contributed by atoms with Gasteiger partial charge in [-0.3, -0.25) is 16.0 Å². The minimum Gasteiger partial charge on any atom is -0.271 e. The summed E-state index contributed by atoms with van der Waals surface area (Å²) in [4.78, 5) is 0. The SMILES string of the molecule is Cc1cccc(C(Cc2cn(C)nn2)NN)c1F. The predicted octanol–water partition coefficient (Wildman–Crippen LogP) is 1.01. The highest BCUT2D eigenvalue weighted by molar-refractivity contribution is 5.28. The number of hydrogen-bond acceptors (Lipinski definition) is 4. The molecule has 2 aromatic rings. The van der Waals surface area contributed by atoms with E-state index in [1.165, 1.54) is 0 Å². The van der Waals surface area contributed by atoms with Gasteiger partial charge in [-0.2, -0.15) is 0 Å². The van der Waals surface area contributed by atoms with E-state index in [1.54, 1.807) is 37.0 Å². The average molecular weight is 249 g/mol. The van der Waals surface area contributed by atoms with E-state index in [2.05, 4.69) is 15.7 Å². The van der Waals surface area contributed by atoms with Gasteiger partial charge in [-0.15, -0.1) is 5.10 Å². The second-order valence-electron chi connectivity index (χ2n) is 4.29. The molecule has 1 aromatic carbocycles. The first-order chi connectivity index (χ1) is 8.61. The third-order valence-electron chi connectivity index (χ3n) is 2.86. The molecule has 96 valence electrons. The van der Waals surface area contributed by atoms with Gasteiger partial charge >= 0.3 is 0 Å². The van der Waals surface area contributed by atoms with Gasteiger partial charge in [0.2, 0.25) is 0 Å². The van der Waals surface area contributed by atoms with E-state index in [-0.39, 0.29) is 11.9 Å². The second kappa shape index (κ2) is 5.24. The molecule has 0 saturated carbocycles. The first kappa shape index (κ1) is 12.7. The first-order valence-corrected chi connectivity index (χ1v) is 5.68. The van der Waals surface area contributed by atoms with Crippen LogP contribution in [0.4, 0.5) is 4.39 Å². The molecule has 5 nitrogen and oxygen atoms in total. The number of halogens is 1. The van der Waals surface area contributed by atoms with E-state index in [9.17, 15) is 4.39 Å². The van der Waals surface area contributed by atoms with E-state index in [4.69, 9.17) is 5.84 Å². The lowest BCUT2D eigenvalue weighted by atomic mass is 10.00. The van der Waals surface area contributed by atoms with E-state index in [0.717, 1.165) is 5.69 Å². The molecule has 0 saturated heterocycles. The maximum absolute atomic E-state index is 14.0. The van der Waals surface area contributed by atoms with Crippen LogP contribution in [-0.4, -0.2) is 15.0 Å². The summed E-state index contributed by atoms with van der Waals surface area (Å²) in [5.74, 6) is 5.27. The molecule has 2 rings (SSSR count). The van der Waals surface area contributed by atoms with Crippen LogP contribution in [0.1, 0.15) is 22.9 Å². The predicted molar refractivity (Wildman–Crippen MR) is 65.9 cm³/mol. The van der Waals surface area contributed by atoms with Gasteiger partial charge in [0.25, 0.3) is 0 Å². The molecule has 1 unspecified atom stereocenters. The molecule has 1 atom stereocenters. The van der Waals surface area contributed by atoms with E-state index < -0.39 is 0 Å². The highest BCUT2D eigenvalue weighted by Crippen LogP contribution is 2.21. The Bertz CT molecular complexity index is 537. The molecule has 0 spiro atoms. The van der Waals surface area contributed by atoms with Crippen molar-refractivity contribution in [3.05, 3.63) is 47.0 Å². The monoisotopic (exact) mass is 249 g/mol. The maximum atomic E-state index is 14.0. The van der Waals surface area contributed by atoms with Crippen LogP contribution in [0.2, 0.25) is 0 Å². The summed E-state index contributed by atoms with van der Waals surface area (Å²) in [7, 11) is 1.79. The van der Waals surface area contributed by atoms with Crippen molar-refractivity contribution >= 4 is 0 Å². The quantitative estimate of drug-likeness (QED) is 0.627. The fourth-order valence-corrected chi connectivity index (χ4v) is 1.90. The number of hydrogen-bond donors (Lipinski definition) is 2. The van der Waals surface area contributed by atoms with E-state index in [1.807, 2.05) is 6.07 Å². The van der Waals surface area contributed by atoms with Crippen molar-refractivity contribution < 1.29 is 4.39 Å². The lowest BCUT2D eigenvalue weighted by Crippen LogP contribution is -2.30. The summed E-state index contributed by atoms with van der Waals surface area (Å²) < 4.78 is 15.6. The maximum Gasteiger partial charge on any atom is 0.130 e. The van der Waals surface area contributed by atoms with Crippen molar-refractivity contribution in [2.75, 3.05) is 0 Å². The van der Waals surface area contributed by atoms with Crippen LogP contribution in [0, 0.1) is 12.7 Å². The van der Waals surface area contributed by atoms with Gasteiger partial charge < -0.3 is 0 Å². The van der Waals surface area contributed by atoms with Crippen LogP contribution in [-0.2, 0) is 13.5 Å². The minimum absolute atomic E-state index is 0.232. The van der Waals surface area contributed by atoms with Crippen LogP contribution < -0.4 is 11.3 Å². The molecular formula is C12H16FN5. The Morgan fingerprint density at radius 3 is 2.89 bits per heavy atom. The lowest BCUT2D eigenvalue weighted by Gasteiger charge is -2.16. The Morgan fingerprint density at radius 1 is 1.50 bits per heavy atom. The number of nitrogens with two attached hydrogens (primary N) is 1. The molecule has 0 aliphatic carbocycles. The normalized spacial score (nSPS) is 12.7. The molecular weight excluding hydrogens is 233 g/mol. The van der Waals surface area contributed by atoms with Crippen LogP contribution in [0.3, 0.4) is 0 Å². The van der Waals surface area contributed by atoms with Gasteiger partial charge in [0.1, 0.15) is 5.82 Å². The highest BCUT2D eigenvalue weighted by Gasteiger charge is 2.17. The molecule has 1 heterocycles. The summed E-state index contributed by atoms with van der Waals surface area (Å²) in [6, 6.07) is 4.95. The van der Waals surface area contributed by atoms with Crippen molar-refractivity contribution in [2.24, 2.45) is 12.9 Å². The van der Waals surface area contributed by atoms with Crippen molar-refractivity contribution in [2.45, 2.75) is 19.4 Å². The van der Waals surface area contributed by atoms with Crippen LogP contribution >= 0.6 is 0 Å². The zero-order chi connectivity index (χ0) is 13.1. The number of nitrogens with one attached hydrogen (secondary N) is 1. The first-order valence-electron chi connectivity index (χ1n) is 5.68. The third kappa shape index (κ3) is 2.55. The zero-order valence-corrected chi connectivity index (χ0v) is 10.4. The van der Waals surface area contributed by atoms with Gasteiger partial charge in [0, 0.05) is 25.2 Å². The molecule has 0 amide bonds. The van der Waals surface area contributed by atoms with Gasteiger partial charge in [-0.1, -0.05) is 23.4 Å². The van der Waals surface area contributed by atoms with Crippen molar-refractivity contribution in [1.29, 1.82) is 0 Å². The molecule has 3 N–H and O–H groups in total. The largest absolute Gasteiger partial charge is 0.271 e. The highest BCUT2D eigenvalue weighted by atomic mass is 19.1. The molecule has 0 aliphatic heterocycles. The standard InChI is InChI=1S/C12H16FN5/c1-8-4-3-5-10(12(8)13)11(15-14)6-9-7-18(2)17-16-9/h3-5,7,11,15H,6,14H2,1-2H3. The third-order valence-corrected chi connectivity index (χ3v) is 2.86. The van der Waals surface area contributed by atoms with E-state index >= 15 is 0 Å². The Kier molecular flexibility index (Phi) is 3.69. The van der Waals surface area contributed by atoms with Gasteiger partial charge in [0.05, 0.1) is 11.7 Å². The molecule has 0 fully saturated rings. The second-order valence-corrected chi connectivity index (χ2v) is 4.29. The van der Waals surface area contributed by atoms with Gasteiger partial charge in [-0.05, 0) is 12.5 Å². The Hall–Kier alpha value is -1.79. The van der Waals surface area contributed by atoms with Crippen molar-refractivity contribution in [1.82, 2.24) is 20.4 Å².